The molecule has 0 spiro atoms. The highest BCUT2D eigenvalue weighted by molar-refractivity contribution is 5.44. The molecule has 0 N–H and O–H groups in total. The zero-order chi connectivity index (χ0) is 20.7. The number of nitrogens with zero attached hydrogens (tertiary/aromatic N) is 6. The summed E-state index contributed by atoms with van der Waals surface area (Å²) >= 11 is 0. The lowest BCUT2D eigenvalue weighted by atomic mass is 9.77. The van der Waals surface area contributed by atoms with Gasteiger partial charge in [0.1, 0.15) is 11.5 Å². The van der Waals surface area contributed by atoms with E-state index in [-0.39, 0.29) is 12.1 Å². The van der Waals surface area contributed by atoms with E-state index in [0.29, 0.717) is 18.4 Å². The Morgan fingerprint density at radius 3 is 2.70 bits per heavy atom. The Hall–Kier alpha value is -2.06. The standard InChI is InChI=1S/C22H32N6O2/c1-14-8-23-15(2)22(24-14)27-9-17-6-20(28-11-19(13-29-3)25-26-28)21(7-18(17)10-27)30-12-16-4-5-16/h8,11,16-18,20-21H,4-7,9-10,12-13H2,1-3H3/t17-,18+,20-,21-/m1/s1. The first-order valence-corrected chi connectivity index (χ1v) is 11.2. The molecule has 5 rings (SSSR count). The number of hydrogen-bond acceptors (Lipinski definition) is 7. The number of hydrogen-bond donors (Lipinski definition) is 0. The van der Waals surface area contributed by atoms with Crippen LogP contribution in [-0.4, -0.2) is 57.9 Å². The van der Waals surface area contributed by atoms with Crippen LogP contribution in [0.25, 0.3) is 0 Å². The Balaban J connectivity index is 1.35. The van der Waals surface area contributed by atoms with Crippen LogP contribution in [-0.2, 0) is 16.1 Å². The second-order valence-corrected chi connectivity index (χ2v) is 9.32. The lowest BCUT2D eigenvalue weighted by molar-refractivity contribution is -0.0375. The summed E-state index contributed by atoms with van der Waals surface area (Å²) in [6, 6.07) is 0.229. The average Bonchev–Trinajstić information content (AvgIpc) is 3.29. The van der Waals surface area contributed by atoms with E-state index in [1.54, 1.807) is 7.11 Å². The van der Waals surface area contributed by atoms with Crippen molar-refractivity contribution in [2.45, 2.75) is 58.3 Å². The van der Waals surface area contributed by atoms with Crippen molar-refractivity contribution in [3.8, 4) is 0 Å². The summed E-state index contributed by atoms with van der Waals surface area (Å²) in [6.07, 6.45) is 8.81. The third-order valence-electron chi connectivity index (χ3n) is 6.87. The number of rotatable bonds is 7. The monoisotopic (exact) mass is 412 g/mol. The van der Waals surface area contributed by atoms with Gasteiger partial charge in [-0.3, -0.25) is 4.98 Å². The van der Waals surface area contributed by atoms with Gasteiger partial charge in [0, 0.05) is 33.0 Å². The molecule has 1 saturated heterocycles. The molecular formula is C22H32N6O2. The summed E-state index contributed by atoms with van der Waals surface area (Å²) in [5.41, 5.74) is 2.86. The number of fused-ring (bicyclic) bond motifs is 1. The molecule has 8 heteroatoms. The van der Waals surface area contributed by atoms with Crippen LogP contribution in [0.3, 0.4) is 0 Å². The molecule has 2 aliphatic carbocycles. The normalized spacial score (nSPS) is 28.7. The lowest BCUT2D eigenvalue weighted by Gasteiger charge is -2.37. The first kappa shape index (κ1) is 19.9. The third kappa shape index (κ3) is 4.07. The van der Waals surface area contributed by atoms with Crippen LogP contribution >= 0.6 is 0 Å². The molecule has 8 nitrogen and oxygen atoms in total. The van der Waals surface area contributed by atoms with Crippen molar-refractivity contribution in [2.75, 3.05) is 31.7 Å². The Morgan fingerprint density at radius 2 is 1.93 bits per heavy atom. The van der Waals surface area contributed by atoms with Crippen LogP contribution in [0.5, 0.6) is 0 Å². The van der Waals surface area contributed by atoms with Gasteiger partial charge in [-0.2, -0.15) is 0 Å². The van der Waals surface area contributed by atoms with E-state index in [1.165, 1.54) is 12.8 Å². The van der Waals surface area contributed by atoms with Crippen molar-refractivity contribution in [2.24, 2.45) is 17.8 Å². The maximum absolute atomic E-state index is 6.47. The predicted octanol–water partition coefficient (Wildman–Crippen LogP) is 2.71. The number of aromatic nitrogens is 5. The van der Waals surface area contributed by atoms with Crippen LogP contribution in [0.2, 0.25) is 0 Å². The highest BCUT2D eigenvalue weighted by atomic mass is 16.5. The molecule has 2 saturated carbocycles. The van der Waals surface area contributed by atoms with Gasteiger partial charge in [0.05, 0.1) is 36.3 Å². The molecule has 1 aliphatic heterocycles. The quantitative estimate of drug-likeness (QED) is 0.692. The molecule has 2 aromatic heterocycles. The van der Waals surface area contributed by atoms with Crippen LogP contribution in [0.4, 0.5) is 5.82 Å². The molecule has 0 radical (unpaired) electrons. The van der Waals surface area contributed by atoms with Gasteiger partial charge in [0.25, 0.3) is 0 Å². The fraction of sp³-hybridized carbons (Fsp3) is 0.727. The van der Waals surface area contributed by atoms with E-state index < -0.39 is 0 Å². The summed E-state index contributed by atoms with van der Waals surface area (Å²) in [5, 5.41) is 8.74. The molecule has 2 aromatic rings. The van der Waals surface area contributed by atoms with Crippen molar-refractivity contribution in [3.63, 3.8) is 0 Å². The maximum Gasteiger partial charge on any atom is 0.150 e. The summed E-state index contributed by atoms with van der Waals surface area (Å²) < 4.78 is 13.7. The zero-order valence-corrected chi connectivity index (χ0v) is 18.2. The number of ether oxygens (including phenoxy) is 2. The van der Waals surface area contributed by atoms with Crippen LogP contribution in [0, 0.1) is 31.6 Å². The second-order valence-electron chi connectivity index (χ2n) is 9.32. The fourth-order valence-corrected chi connectivity index (χ4v) is 5.08. The number of methoxy groups -OCH3 is 1. The fourth-order valence-electron chi connectivity index (χ4n) is 5.08. The minimum atomic E-state index is 0.189. The van der Waals surface area contributed by atoms with Gasteiger partial charge in [0.15, 0.2) is 0 Å². The van der Waals surface area contributed by atoms with Crippen molar-refractivity contribution in [1.29, 1.82) is 0 Å². The molecule has 3 fully saturated rings. The summed E-state index contributed by atoms with van der Waals surface area (Å²) in [7, 11) is 1.69. The van der Waals surface area contributed by atoms with Crippen molar-refractivity contribution in [3.05, 3.63) is 29.5 Å². The molecule has 162 valence electrons. The highest BCUT2D eigenvalue weighted by Crippen LogP contribution is 2.44. The van der Waals surface area contributed by atoms with E-state index in [4.69, 9.17) is 14.5 Å². The van der Waals surface area contributed by atoms with E-state index in [1.807, 2.05) is 24.0 Å². The Labute approximate surface area is 178 Å². The molecule has 4 atom stereocenters. The van der Waals surface area contributed by atoms with E-state index in [0.717, 1.165) is 61.4 Å². The van der Waals surface area contributed by atoms with Gasteiger partial charge in [0.2, 0.25) is 0 Å². The molecule has 0 amide bonds. The zero-order valence-electron chi connectivity index (χ0n) is 18.2. The topological polar surface area (TPSA) is 78.2 Å². The maximum atomic E-state index is 6.47. The average molecular weight is 413 g/mol. The summed E-state index contributed by atoms with van der Waals surface area (Å²) in [5.74, 6) is 3.02. The molecule has 0 unspecified atom stereocenters. The van der Waals surface area contributed by atoms with Gasteiger partial charge < -0.3 is 14.4 Å². The van der Waals surface area contributed by atoms with Gasteiger partial charge in [-0.15, -0.1) is 5.10 Å². The first-order valence-electron chi connectivity index (χ1n) is 11.2. The van der Waals surface area contributed by atoms with Gasteiger partial charge >= 0.3 is 0 Å². The van der Waals surface area contributed by atoms with E-state index in [2.05, 4.69) is 27.1 Å². The first-order chi connectivity index (χ1) is 14.6. The minimum absolute atomic E-state index is 0.189. The molecule has 0 bridgehead atoms. The minimum Gasteiger partial charge on any atom is -0.378 e. The Morgan fingerprint density at radius 1 is 1.13 bits per heavy atom. The van der Waals surface area contributed by atoms with E-state index in [9.17, 15) is 0 Å². The molecule has 0 aromatic carbocycles. The van der Waals surface area contributed by atoms with Gasteiger partial charge in [-0.05, 0) is 57.3 Å². The highest BCUT2D eigenvalue weighted by Gasteiger charge is 2.45. The molecule has 3 aliphatic rings. The van der Waals surface area contributed by atoms with Crippen LogP contribution in [0.15, 0.2) is 12.4 Å². The summed E-state index contributed by atoms with van der Waals surface area (Å²) in [4.78, 5) is 11.8. The Bertz CT molecular complexity index is 882. The predicted molar refractivity (Wildman–Crippen MR) is 112 cm³/mol. The number of aryl methyl sites for hydroxylation is 2. The van der Waals surface area contributed by atoms with Crippen molar-refractivity contribution in [1.82, 2.24) is 25.0 Å². The summed E-state index contributed by atoms with van der Waals surface area (Å²) in [6.45, 7) is 7.50. The number of anilines is 1. The molecule has 30 heavy (non-hydrogen) atoms. The second kappa shape index (κ2) is 8.23. The smallest absolute Gasteiger partial charge is 0.150 e. The van der Waals surface area contributed by atoms with Gasteiger partial charge in [-0.25, -0.2) is 9.67 Å². The third-order valence-corrected chi connectivity index (χ3v) is 6.87. The molecular weight excluding hydrogens is 380 g/mol. The molecule has 3 heterocycles. The van der Waals surface area contributed by atoms with Crippen LogP contribution in [0.1, 0.15) is 48.8 Å². The van der Waals surface area contributed by atoms with Gasteiger partial charge in [-0.1, -0.05) is 5.21 Å². The van der Waals surface area contributed by atoms with E-state index >= 15 is 0 Å². The Kier molecular flexibility index (Phi) is 5.45. The SMILES string of the molecule is COCc1cn([C@@H]2C[C@@H]3CN(c4nc(C)cnc4C)C[C@@H]3C[C@H]2OCC2CC2)nn1. The van der Waals surface area contributed by atoms with Crippen molar-refractivity contribution < 1.29 is 9.47 Å². The van der Waals surface area contributed by atoms with Crippen molar-refractivity contribution >= 4 is 5.82 Å². The largest absolute Gasteiger partial charge is 0.378 e. The lowest BCUT2D eigenvalue weighted by Crippen LogP contribution is -2.38. The van der Waals surface area contributed by atoms with Crippen LogP contribution < -0.4 is 4.90 Å².